The van der Waals surface area contributed by atoms with Gasteiger partial charge >= 0.3 is 12.2 Å². The number of hydrogen-bond donors (Lipinski definition) is 2. The third kappa shape index (κ3) is 7.98. The Morgan fingerprint density at radius 2 is 2.07 bits per heavy atom. The largest absolute Gasteiger partial charge is 0.484 e. The summed E-state index contributed by atoms with van der Waals surface area (Å²) in [5, 5.41) is 10.8. The maximum Gasteiger partial charge on any atom is 0.405 e. The number of nitrogens with zero attached hydrogens (tertiary/aromatic N) is 2. The minimum Gasteiger partial charge on any atom is -0.484 e. The number of urea groups is 1. The zero-order valence-electron chi connectivity index (χ0n) is 14.0. The van der Waals surface area contributed by atoms with Gasteiger partial charge in [-0.25, -0.2) is 4.79 Å². The SMILES string of the molecule is Cc1cccc(OCc2nnc(SCC(=O)NC(=O)NCC(F)(F)F)o2)c1. The maximum absolute atomic E-state index is 11.9. The van der Waals surface area contributed by atoms with Crippen molar-refractivity contribution in [1.29, 1.82) is 0 Å². The molecule has 1 aromatic heterocycles. The summed E-state index contributed by atoms with van der Waals surface area (Å²) in [6.45, 7) is 0.416. The highest BCUT2D eigenvalue weighted by atomic mass is 32.2. The number of alkyl halides is 3. The second kappa shape index (κ2) is 9.26. The molecule has 1 aromatic carbocycles. The van der Waals surface area contributed by atoms with Crippen LogP contribution in [0.15, 0.2) is 33.9 Å². The number of halogens is 3. The maximum atomic E-state index is 11.9. The fourth-order valence-electron chi connectivity index (χ4n) is 1.72. The highest BCUT2D eigenvalue weighted by Gasteiger charge is 2.28. The van der Waals surface area contributed by atoms with Gasteiger partial charge < -0.3 is 14.5 Å². The number of hydrogen-bond acceptors (Lipinski definition) is 7. The van der Waals surface area contributed by atoms with Crippen molar-refractivity contribution in [2.75, 3.05) is 12.3 Å². The summed E-state index contributed by atoms with van der Waals surface area (Å²) in [7, 11) is 0. The molecule has 0 atom stereocenters. The average Bonchev–Trinajstić information content (AvgIpc) is 3.04. The number of aromatic nitrogens is 2. The standard InChI is InChI=1S/C15H15F3N4O4S/c1-9-3-2-4-10(5-9)25-6-12-21-22-14(26-12)27-7-11(23)20-13(24)19-8-15(16,17)18/h2-5H,6-8H2,1H3,(H2,19,20,23,24). The summed E-state index contributed by atoms with van der Waals surface area (Å²) in [4.78, 5) is 22.7. The lowest BCUT2D eigenvalue weighted by molar-refractivity contribution is -0.124. The minimum atomic E-state index is -4.56. The fraction of sp³-hybridized carbons (Fsp3) is 0.333. The van der Waals surface area contributed by atoms with Crippen LogP contribution >= 0.6 is 11.8 Å². The number of aryl methyl sites for hydroxylation is 1. The molecule has 2 aromatic rings. The number of thioether (sulfide) groups is 1. The van der Waals surface area contributed by atoms with Crippen molar-refractivity contribution >= 4 is 23.7 Å². The zero-order valence-corrected chi connectivity index (χ0v) is 14.8. The van der Waals surface area contributed by atoms with Crippen LogP contribution in [0.4, 0.5) is 18.0 Å². The first-order valence-corrected chi connectivity index (χ1v) is 8.49. The summed E-state index contributed by atoms with van der Waals surface area (Å²) in [5.74, 6) is -0.288. The fourth-order valence-corrected chi connectivity index (χ4v) is 2.30. The topological polar surface area (TPSA) is 106 Å². The molecule has 12 heteroatoms. The molecule has 2 N–H and O–H groups in total. The molecule has 0 spiro atoms. The number of nitrogens with one attached hydrogen (secondary N) is 2. The quantitative estimate of drug-likeness (QED) is 0.683. The molecule has 8 nitrogen and oxygen atoms in total. The zero-order chi connectivity index (χ0) is 19.9. The number of carbonyl (C=O) groups excluding carboxylic acids is 2. The Labute approximate surface area is 155 Å². The smallest absolute Gasteiger partial charge is 0.405 e. The van der Waals surface area contributed by atoms with Gasteiger partial charge in [-0.05, 0) is 24.6 Å². The van der Waals surface area contributed by atoms with Crippen LogP contribution < -0.4 is 15.4 Å². The number of ether oxygens (including phenoxy) is 1. The predicted molar refractivity (Wildman–Crippen MR) is 88.1 cm³/mol. The third-order valence-electron chi connectivity index (χ3n) is 2.83. The van der Waals surface area contributed by atoms with Crippen molar-refractivity contribution in [2.24, 2.45) is 0 Å². The first kappa shape index (κ1) is 20.6. The van der Waals surface area contributed by atoms with Crippen molar-refractivity contribution in [3.05, 3.63) is 35.7 Å². The lowest BCUT2D eigenvalue weighted by Gasteiger charge is -2.08. The van der Waals surface area contributed by atoms with Gasteiger partial charge in [-0.15, -0.1) is 10.2 Å². The normalized spacial score (nSPS) is 11.1. The molecule has 0 radical (unpaired) electrons. The van der Waals surface area contributed by atoms with E-state index >= 15 is 0 Å². The first-order chi connectivity index (χ1) is 12.7. The number of rotatable bonds is 7. The second-order valence-electron chi connectivity index (χ2n) is 5.20. The molecule has 2 rings (SSSR count). The molecule has 0 fully saturated rings. The van der Waals surface area contributed by atoms with Gasteiger partial charge in [0.1, 0.15) is 12.3 Å². The van der Waals surface area contributed by atoms with E-state index in [9.17, 15) is 22.8 Å². The van der Waals surface area contributed by atoms with Crippen LogP contribution in [-0.4, -0.2) is 40.6 Å². The van der Waals surface area contributed by atoms with Crippen molar-refractivity contribution in [2.45, 2.75) is 24.9 Å². The van der Waals surface area contributed by atoms with E-state index < -0.39 is 24.7 Å². The van der Waals surface area contributed by atoms with Gasteiger partial charge in [-0.2, -0.15) is 13.2 Å². The molecule has 0 saturated heterocycles. The molecule has 0 aliphatic rings. The Hall–Kier alpha value is -2.76. The van der Waals surface area contributed by atoms with Gasteiger partial charge in [-0.1, -0.05) is 23.9 Å². The Morgan fingerprint density at radius 3 is 2.78 bits per heavy atom. The number of carbonyl (C=O) groups is 2. The van der Waals surface area contributed by atoms with E-state index in [2.05, 4.69) is 10.2 Å². The van der Waals surface area contributed by atoms with Gasteiger partial charge in [0.2, 0.25) is 5.91 Å². The van der Waals surface area contributed by atoms with Crippen molar-refractivity contribution < 1.29 is 31.9 Å². The summed E-state index contributed by atoms with van der Waals surface area (Å²) < 4.78 is 46.6. The molecule has 1 heterocycles. The van der Waals surface area contributed by atoms with Crippen molar-refractivity contribution in [1.82, 2.24) is 20.8 Å². The van der Waals surface area contributed by atoms with Crippen molar-refractivity contribution in [3.8, 4) is 5.75 Å². The summed E-state index contributed by atoms with van der Waals surface area (Å²) in [6.07, 6.45) is -4.56. The van der Waals surface area contributed by atoms with Crippen LogP contribution in [-0.2, 0) is 11.4 Å². The molecule has 146 valence electrons. The van der Waals surface area contributed by atoms with Crippen LogP contribution in [0, 0.1) is 6.92 Å². The molecule has 27 heavy (non-hydrogen) atoms. The monoisotopic (exact) mass is 404 g/mol. The van der Waals surface area contributed by atoms with E-state index in [1.54, 1.807) is 11.4 Å². The highest BCUT2D eigenvalue weighted by Crippen LogP contribution is 2.18. The molecular formula is C15H15F3N4O4S. The molecular weight excluding hydrogens is 389 g/mol. The van der Waals surface area contributed by atoms with Gasteiger partial charge in [-0.3, -0.25) is 10.1 Å². The average molecular weight is 404 g/mol. The van der Waals surface area contributed by atoms with Gasteiger partial charge in [0.25, 0.3) is 11.1 Å². The van der Waals surface area contributed by atoms with Gasteiger partial charge in [0.05, 0.1) is 5.75 Å². The molecule has 3 amide bonds. The van der Waals surface area contributed by atoms with E-state index in [0.29, 0.717) is 5.75 Å². The summed E-state index contributed by atoms with van der Waals surface area (Å²) in [6, 6.07) is 6.12. The Balaban J connectivity index is 1.72. The van der Waals surface area contributed by atoms with E-state index in [1.165, 1.54) is 5.32 Å². The molecule has 0 unspecified atom stereocenters. The van der Waals surface area contributed by atoms with Crippen LogP contribution in [0.3, 0.4) is 0 Å². The summed E-state index contributed by atoms with van der Waals surface area (Å²) in [5.41, 5.74) is 1.03. The highest BCUT2D eigenvalue weighted by molar-refractivity contribution is 7.99. The Morgan fingerprint density at radius 1 is 1.30 bits per heavy atom. The van der Waals surface area contributed by atoms with Gasteiger partial charge in [0, 0.05) is 0 Å². The predicted octanol–water partition coefficient (Wildman–Crippen LogP) is 2.44. The lowest BCUT2D eigenvalue weighted by Crippen LogP contribution is -2.43. The van der Waals surface area contributed by atoms with E-state index in [1.807, 2.05) is 25.1 Å². The number of imide groups is 1. The van der Waals surface area contributed by atoms with E-state index in [4.69, 9.17) is 9.15 Å². The van der Waals surface area contributed by atoms with Crippen LogP contribution in [0.5, 0.6) is 5.75 Å². The van der Waals surface area contributed by atoms with E-state index in [-0.39, 0.29) is 23.5 Å². The lowest BCUT2D eigenvalue weighted by atomic mass is 10.2. The van der Waals surface area contributed by atoms with E-state index in [0.717, 1.165) is 17.3 Å². The van der Waals surface area contributed by atoms with Crippen molar-refractivity contribution in [3.63, 3.8) is 0 Å². The molecule has 0 aliphatic carbocycles. The van der Waals surface area contributed by atoms with Gasteiger partial charge in [0.15, 0.2) is 6.61 Å². The number of benzene rings is 1. The Bertz CT molecular complexity index is 797. The molecule has 0 aliphatic heterocycles. The first-order valence-electron chi connectivity index (χ1n) is 7.50. The second-order valence-corrected chi connectivity index (χ2v) is 6.13. The third-order valence-corrected chi connectivity index (χ3v) is 3.65. The molecule has 0 bridgehead atoms. The van der Waals surface area contributed by atoms with Crippen LogP contribution in [0.2, 0.25) is 0 Å². The minimum absolute atomic E-state index is 0.0308. The van der Waals surface area contributed by atoms with Crippen LogP contribution in [0.1, 0.15) is 11.5 Å². The Kier molecular flexibility index (Phi) is 7.05. The molecule has 0 saturated carbocycles. The summed E-state index contributed by atoms with van der Waals surface area (Å²) >= 11 is 0.829. The van der Waals surface area contributed by atoms with Crippen LogP contribution in [0.25, 0.3) is 0 Å². The number of amides is 3.